The number of rotatable bonds is 7. The van der Waals surface area contributed by atoms with Gasteiger partial charge in [-0.2, -0.15) is 0 Å². The Morgan fingerprint density at radius 2 is 1.64 bits per heavy atom. The lowest BCUT2D eigenvalue weighted by Crippen LogP contribution is -3.15. The zero-order chi connectivity index (χ0) is 26.7. The van der Waals surface area contributed by atoms with E-state index in [1.807, 2.05) is 43.3 Å². The molecule has 1 saturated heterocycles. The molecule has 3 atom stereocenters. The summed E-state index contributed by atoms with van der Waals surface area (Å²) in [6, 6.07) is 20.0. The van der Waals surface area contributed by atoms with Crippen LogP contribution in [0.15, 0.2) is 60.7 Å². The van der Waals surface area contributed by atoms with Crippen LogP contribution in [0.5, 0.6) is 0 Å². The van der Waals surface area contributed by atoms with Crippen molar-refractivity contribution in [2.24, 2.45) is 5.92 Å². The molecule has 2 unspecified atom stereocenters. The Labute approximate surface area is 211 Å². The summed E-state index contributed by atoms with van der Waals surface area (Å²) in [6.45, 7) is 6.58. The van der Waals surface area contributed by atoms with E-state index in [1.54, 1.807) is 4.90 Å². The number of carboxylic acids is 2. The highest BCUT2D eigenvalue weighted by molar-refractivity contribution is 6.26. The first-order valence-electron chi connectivity index (χ1n) is 12.0. The van der Waals surface area contributed by atoms with Crippen LogP contribution in [0.2, 0.25) is 0 Å². The zero-order valence-corrected chi connectivity index (χ0v) is 20.9. The first kappa shape index (κ1) is 28.5. The molecule has 0 radical (unpaired) electrons. The lowest BCUT2D eigenvalue weighted by atomic mass is 9.76. The number of esters is 1. The summed E-state index contributed by atoms with van der Waals surface area (Å²) in [7, 11) is 1.42. The van der Waals surface area contributed by atoms with E-state index in [-0.39, 0.29) is 17.8 Å². The first-order chi connectivity index (χ1) is 17.2. The summed E-state index contributed by atoms with van der Waals surface area (Å²) in [5.74, 6) is -4.40. The summed E-state index contributed by atoms with van der Waals surface area (Å²) in [5.41, 5.74) is 1.11. The van der Waals surface area contributed by atoms with E-state index in [0.29, 0.717) is 12.8 Å². The number of amides is 1. The Balaban J connectivity index is 0.000000678. The van der Waals surface area contributed by atoms with Crippen LogP contribution in [0, 0.1) is 5.92 Å². The number of hydrogen-bond acceptors (Lipinski definition) is 6. The maximum absolute atomic E-state index is 13.2. The number of hydrogen-bond donors (Lipinski definition) is 2. The molecular formula is C27H34N2O7. The van der Waals surface area contributed by atoms with Crippen LogP contribution in [0.3, 0.4) is 0 Å². The average Bonchev–Trinajstić information content (AvgIpc) is 2.89. The molecule has 0 saturated carbocycles. The highest BCUT2D eigenvalue weighted by Gasteiger charge is 2.55. The van der Waals surface area contributed by atoms with Crippen molar-refractivity contribution in [1.29, 1.82) is 0 Å². The molecule has 1 fully saturated rings. The quantitative estimate of drug-likeness (QED) is 0.416. The van der Waals surface area contributed by atoms with Crippen LogP contribution in [0.4, 0.5) is 5.69 Å². The summed E-state index contributed by atoms with van der Waals surface area (Å²) in [6.07, 6.45) is 1.93. The number of aliphatic carboxylic acids is 2. The molecule has 2 aromatic rings. The second-order valence-corrected chi connectivity index (χ2v) is 8.77. The highest BCUT2D eigenvalue weighted by Crippen LogP contribution is 2.36. The van der Waals surface area contributed by atoms with E-state index < -0.39 is 17.5 Å². The van der Waals surface area contributed by atoms with Gasteiger partial charge in [-0.25, -0.2) is 9.59 Å². The number of benzene rings is 2. The summed E-state index contributed by atoms with van der Waals surface area (Å²) >= 11 is 0. The van der Waals surface area contributed by atoms with E-state index >= 15 is 0 Å². The number of methoxy groups -OCH3 is 1. The predicted octanol–water partition coefficient (Wildman–Crippen LogP) is 0.330. The second-order valence-electron chi connectivity index (χ2n) is 8.77. The van der Waals surface area contributed by atoms with Crippen molar-refractivity contribution in [1.82, 2.24) is 0 Å². The van der Waals surface area contributed by atoms with E-state index in [9.17, 15) is 9.59 Å². The largest absolute Gasteiger partial charge is 0.539 e. The number of nitrogens with one attached hydrogen (secondary N) is 1. The van der Waals surface area contributed by atoms with Gasteiger partial charge in [-0.1, -0.05) is 62.4 Å². The Bertz CT molecular complexity index is 1020. The molecule has 0 spiro atoms. The van der Waals surface area contributed by atoms with Crippen molar-refractivity contribution in [3.63, 3.8) is 0 Å². The Morgan fingerprint density at radius 1 is 1.08 bits per heavy atom. The molecular weight excluding hydrogens is 464 g/mol. The van der Waals surface area contributed by atoms with Crippen LogP contribution >= 0.6 is 0 Å². The molecule has 1 heterocycles. The van der Waals surface area contributed by atoms with Crippen LogP contribution in [-0.4, -0.2) is 61.2 Å². The molecule has 36 heavy (non-hydrogen) atoms. The summed E-state index contributed by atoms with van der Waals surface area (Å²) < 4.78 is 5.28. The van der Waals surface area contributed by atoms with E-state index in [0.717, 1.165) is 31.7 Å². The molecule has 1 aliphatic rings. The fraction of sp³-hybridized carbons (Fsp3) is 0.407. The van der Waals surface area contributed by atoms with E-state index in [4.69, 9.17) is 24.5 Å². The second kappa shape index (κ2) is 13.4. The number of quaternary nitrogens is 1. The molecule has 1 aliphatic heterocycles. The number of piperidine rings is 1. The molecule has 9 nitrogen and oxygen atoms in total. The molecule has 3 rings (SSSR count). The van der Waals surface area contributed by atoms with Gasteiger partial charge in [-0.3, -0.25) is 9.69 Å². The van der Waals surface area contributed by atoms with Crippen LogP contribution in [0.1, 0.15) is 32.3 Å². The number of carboxylic acid groups (broad SMARTS) is 2. The Hall–Kier alpha value is -3.72. The van der Waals surface area contributed by atoms with Gasteiger partial charge in [0, 0.05) is 30.9 Å². The lowest BCUT2D eigenvalue weighted by Gasteiger charge is -2.48. The predicted molar refractivity (Wildman–Crippen MR) is 131 cm³/mol. The number of carbonyl (C=O) groups excluding carboxylic acids is 3. The van der Waals surface area contributed by atoms with Crippen molar-refractivity contribution in [3.8, 4) is 0 Å². The number of anilines is 1. The van der Waals surface area contributed by atoms with Gasteiger partial charge < -0.3 is 24.6 Å². The van der Waals surface area contributed by atoms with Crippen molar-refractivity contribution in [2.75, 3.05) is 31.6 Å². The first-order valence-corrected chi connectivity index (χ1v) is 12.0. The Morgan fingerprint density at radius 3 is 2.11 bits per heavy atom. The van der Waals surface area contributed by atoms with Crippen molar-refractivity contribution < 1.29 is 39.0 Å². The molecule has 0 aromatic heterocycles. The van der Waals surface area contributed by atoms with Gasteiger partial charge in [0.1, 0.15) is 0 Å². The fourth-order valence-electron chi connectivity index (χ4n) is 4.75. The minimum Gasteiger partial charge on any atom is -0.539 e. The minimum absolute atomic E-state index is 0.0276. The van der Waals surface area contributed by atoms with Crippen LogP contribution in [0.25, 0.3) is 0 Å². The van der Waals surface area contributed by atoms with Crippen LogP contribution < -0.4 is 14.9 Å². The van der Waals surface area contributed by atoms with Crippen LogP contribution in [-0.2, 0) is 30.3 Å². The molecule has 1 amide bonds. The monoisotopic (exact) mass is 498 g/mol. The maximum Gasteiger partial charge on any atom is 0.351 e. The van der Waals surface area contributed by atoms with Gasteiger partial charge >= 0.3 is 11.9 Å². The van der Waals surface area contributed by atoms with Gasteiger partial charge in [-0.05, 0) is 17.7 Å². The number of carbonyl (C=O) groups is 4. The topological polar surface area (TPSA) is 128 Å². The van der Waals surface area contributed by atoms with E-state index in [1.165, 1.54) is 17.6 Å². The number of nitrogens with zero attached hydrogens (tertiary/aromatic N) is 1. The van der Waals surface area contributed by atoms with Crippen molar-refractivity contribution >= 4 is 29.5 Å². The van der Waals surface area contributed by atoms with Gasteiger partial charge in [-0.15, -0.1) is 0 Å². The highest BCUT2D eigenvalue weighted by atomic mass is 16.5. The van der Waals surface area contributed by atoms with Gasteiger partial charge in [0.2, 0.25) is 5.91 Å². The fourth-order valence-corrected chi connectivity index (χ4v) is 4.75. The zero-order valence-electron chi connectivity index (χ0n) is 20.9. The lowest BCUT2D eigenvalue weighted by molar-refractivity contribution is -0.909. The van der Waals surface area contributed by atoms with Gasteiger partial charge in [0.25, 0.3) is 0 Å². The third kappa shape index (κ3) is 6.91. The summed E-state index contributed by atoms with van der Waals surface area (Å²) in [5, 5.41) is 16.3. The maximum atomic E-state index is 13.2. The molecule has 194 valence electrons. The molecule has 0 bridgehead atoms. The van der Waals surface area contributed by atoms with E-state index in [2.05, 4.69) is 31.2 Å². The number of para-hydroxylation sites is 1. The molecule has 2 aromatic carbocycles. The third-order valence-corrected chi connectivity index (χ3v) is 6.56. The van der Waals surface area contributed by atoms with Gasteiger partial charge in [0.15, 0.2) is 11.5 Å². The summed E-state index contributed by atoms with van der Waals surface area (Å²) in [4.78, 5) is 47.5. The smallest absolute Gasteiger partial charge is 0.351 e. The standard InChI is InChI=1S/C25H32N2O3.C2H2O4/c1-4-23(28)27(22-13-9-6-10-14-22)25(24(29)30-3)16-18-26(19-20(25)2)17-15-21-11-7-5-8-12-21;3-1(4)2(5)6/h5-14,20H,4,15-19H2,1-3H3;(H,3,4)(H,5,6)/t20-,25?;/m1./s1. The SMILES string of the molecule is CCC(=O)N(c1ccccc1)C1(C(=O)OC)CC[NH+](CCc2ccccc2)C[C@H]1C.O=C([O-])C(=O)O. The number of likely N-dealkylation sites (tertiary alicyclic amines) is 1. The normalized spacial score (nSPS) is 20.9. The molecule has 2 N–H and O–H groups in total. The minimum atomic E-state index is -2.07. The Kier molecular flexibility index (Phi) is 10.6. The molecule has 9 heteroatoms. The van der Waals surface area contributed by atoms with Crippen molar-refractivity contribution in [2.45, 2.75) is 38.6 Å². The molecule has 0 aliphatic carbocycles. The van der Waals surface area contributed by atoms with Gasteiger partial charge in [0.05, 0.1) is 26.7 Å². The third-order valence-electron chi connectivity index (χ3n) is 6.56. The van der Waals surface area contributed by atoms with Crippen molar-refractivity contribution in [3.05, 3.63) is 66.2 Å². The number of ether oxygens (including phenoxy) is 1. The average molecular weight is 499 g/mol.